The molecule has 1 unspecified atom stereocenters. The van der Waals surface area contributed by atoms with E-state index in [1.165, 1.54) is 0 Å². The predicted molar refractivity (Wildman–Crippen MR) is 58.6 cm³/mol. The second kappa shape index (κ2) is 4.78. The molecule has 0 saturated heterocycles. The number of hydrogen-bond acceptors (Lipinski definition) is 2. The van der Waals surface area contributed by atoms with Crippen LogP contribution in [0.4, 0.5) is 0 Å². The summed E-state index contributed by atoms with van der Waals surface area (Å²) in [6.45, 7) is 9.51. The maximum absolute atomic E-state index is 5.98. The van der Waals surface area contributed by atoms with Gasteiger partial charge in [-0.25, -0.2) is 0 Å². The maximum atomic E-state index is 5.98. The van der Waals surface area contributed by atoms with Crippen LogP contribution in [-0.4, -0.2) is 14.8 Å². The van der Waals surface area contributed by atoms with E-state index in [9.17, 15) is 0 Å². The third-order valence-electron chi connectivity index (χ3n) is 2.44. The van der Waals surface area contributed by atoms with Crippen molar-refractivity contribution in [2.24, 2.45) is 5.92 Å². The van der Waals surface area contributed by atoms with Crippen molar-refractivity contribution in [1.82, 2.24) is 14.8 Å². The molecule has 0 aliphatic carbocycles. The number of rotatable bonds is 4. The summed E-state index contributed by atoms with van der Waals surface area (Å²) < 4.78 is 2.01. The second-order valence-corrected chi connectivity index (χ2v) is 4.44. The van der Waals surface area contributed by atoms with Crippen molar-refractivity contribution < 1.29 is 0 Å². The lowest BCUT2D eigenvalue weighted by Crippen LogP contribution is -2.11. The minimum atomic E-state index is 0.374. The van der Waals surface area contributed by atoms with Gasteiger partial charge in [0.05, 0.1) is 0 Å². The quantitative estimate of drug-likeness (QED) is 0.773. The van der Waals surface area contributed by atoms with Crippen molar-refractivity contribution in [3.8, 4) is 0 Å². The van der Waals surface area contributed by atoms with Crippen molar-refractivity contribution in [2.45, 2.75) is 46.6 Å². The first-order chi connectivity index (χ1) is 6.56. The molecule has 1 aromatic heterocycles. The summed E-state index contributed by atoms with van der Waals surface area (Å²) in [6.07, 6.45) is 1.14. The van der Waals surface area contributed by atoms with Gasteiger partial charge >= 0.3 is 0 Å². The Kier molecular flexibility index (Phi) is 3.93. The highest BCUT2D eigenvalue weighted by Crippen LogP contribution is 2.18. The molecular formula is C10H18ClN3. The molecule has 0 aliphatic heterocycles. The molecule has 0 saturated carbocycles. The number of aromatic nitrogens is 3. The van der Waals surface area contributed by atoms with E-state index in [1.807, 2.05) is 4.57 Å². The van der Waals surface area contributed by atoms with E-state index in [2.05, 4.69) is 37.9 Å². The molecule has 1 heterocycles. The van der Waals surface area contributed by atoms with Gasteiger partial charge in [0.25, 0.3) is 0 Å². The Balaban J connectivity index is 2.88. The molecule has 4 heteroatoms. The Morgan fingerprint density at radius 2 is 1.93 bits per heavy atom. The highest BCUT2D eigenvalue weighted by atomic mass is 35.5. The van der Waals surface area contributed by atoms with E-state index >= 15 is 0 Å². The molecule has 0 amide bonds. The molecule has 0 radical (unpaired) electrons. The normalized spacial score (nSPS) is 13.6. The molecule has 0 fully saturated rings. The third-order valence-corrected chi connectivity index (χ3v) is 2.72. The summed E-state index contributed by atoms with van der Waals surface area (Å²) in [5.41, 5.74) is 0. The van der Waals surface area contributed by atoms with E-state index < -0.39 is 0 Å². The minimum Gasteiger partial charge on any atom is -0.301 e. The largest absolute Gasteiger partial charge is 0.301 e. The van der Waals surface area contributed by atoms with Crippen molar-refractivity contribution >= 4 is 11.6 Å². The Hall–Kier alpha value is -0.570. The molecule has 14 heavy (non-hydrogen) atoms. The zero-order valence-electron chi connectivity index (χ0n) is 9.29. The molecule has 0 aliphatic rings. The Morgan fingerprint density at radius 1 is 1.29 bits per heavy atom. The van der Waals surface area contributed by atoms with Crippen LogP contribution in [0.1, 0.15) is 45.9 Å². The molecule has 0 spiro atoms. The van der Waals surface area contributed by atoms with Crippen molar-refractivity contribution in [2.75, 3.05) is 0 Å². The second-order valence-electron chi connectivity index (χ2n) is 4.11. The standard InChI is InChI=1S/C10H18ClN3/c1-5-8(4)6-14-9(7(2)3)12-13-10(14)11/h7-8H,5-6H2,1-4H3. The fourth-order valence-electron chi connectivity index (χ4n) is 1.33. The molecular weight excluding hydrogens is 198 g/mol. The summed E-state index contributed by atoms with van der Waals surface area (Å²) in [4.78, 5) is 0. The van der Waals surface area contributed by atoms with Crippen LogP contribution in [0.2, 0.25) is 5.28 Å². The van der Waals surface area contributed by atoms with E-state index in [4.69, 9.17) is 11.6 Å². The van der Waals surface area contributed by atoms with Crippen LogP contribution in [0, 0.1) is 5.92 Å². The maximum Gasteiger partial charge on any atom is 0.225 e. The average molecular weight is 216 g/mol. The van der Waals surface area contributed by atoms with Gasteiger partial charge in [-0.1, -0.05) is 34.1 Å². The van der Waals surface area contributed by atoms with Crippen molar-refractivity contribution in [1.29, 1.82) is 0 Å². The van der Waals surface area contributed by atoms with Gasteiger partial charge in [0.2, 0.25) is 5.28 Å². The average Bonchev–Trinajstić information content (AvgIpc) is 2.48. The molecule has 0 aromatic carbocycles. The van der Waals surface area contributed by atoms with E-state index in [0.717, 1.165) is 18.8 Å². The number of nitrogens with zero attached hydrogens (tertiary/aromatic N) is 3. The highest BCUT2D eigenvalue weighted by molar-refractivity contribution is 6.28. The topological polar surface area (TPSA) is 30.7 Å². The summed E-state index contributed by atoms with van der Waals surface area (Å²) in [7, 11) is 0. The zero-order valence-corrected chi connectivity index (χ0v) is 10.0. The summed E-state index contributed by atoms with van der Waals surface area (Å²) >= 11 is 5.98. The zero-order chi connectivity index (χ0) is 10.7. The van der Waals surface area contributed by atoms with Crippen LogP contribution in [0.25, 0.3) is 0 Å². The van der Waals surface area contributed by atoms with Crippen LogP contribution in [0.5, 0.6) is 0 Å². The Bertz CT molecular complexity index is 294. The van der Waals surface area contributed by atoms with Gasteiger partial charge in [0.15, 0.2) is 0 Å². The smallest absolute Gasteiger partial charge is 0.225 e. The first-order valence-electron chi connectivity index (χ1n) is 5.14. The fourth-order valence-corrected chi connectivity index (χ4v) is 1.53. The summed E-state index contributed by atoms with van der Waals surface area (Å²) in [5.74, 6) is 1.97. The van der Waals surface area contributed by atoms with Gasteiger partial charge in [-0.05, 0) is 17.5 Å². The molecule has 3 nitrogen and oxygen atoms in total. The van der Waals surface area contributed by atoms with Gasteiger partial charge in [0.1, 0.15) is 5.82 Å². The van der Waals surface area contributed by atoms with E-state index in [-0.39, 0.29) is 0 Å². The lowest BCUT2D eigenvalue weighted by molar-refractivity contribution is 0.452. The Morgan fingerprint density at radius 3 is 2.43 bits per heavy atom. The first kappa shape index (κ1) is 11.5. The minimum absolute atomic E-state index is 0.374. The monoisotopic (exact) mass is 215 g/mol. The SMILES string of the molecule is CCC(C)Cn1c(Cl)nnc1C(C)C. The fraction of sp³-hybridized carbons (Fsp3) is 0.800. The highest BCUT2D eigenvalue weighted by Gasteiger charge is 2.14. The molecule has 80 valence electrons. The van der Waals surface area contributed by atoms with Crippen LogP contribution in [0.3, 0.4) is 0 Å². The lowest BCUT2D eigenvalue weighted by Gasteiger charge is -2.13. The summed E-state index contributed by atoms with van der Waals surface area (Å²) in [5, 5.41) is 8.50. The van der Waals surface area contributed by atoms with Crippen molar-refractivity contribution in [3.63, 3.8) is 0 Å². The number of hydrogen-bond donors (Lipinski definition) is 0. The van der Waals surface area contributed by atoms with Gasteiger partial charge < -0.3 is 4.57 Å². The molecule has 1 atom stereocenters. The molecule has 0 N–H and O–H groups in total. The molecule has 1 aromatic rings. The third kappa shape index (κ3) is 2.47. The van der Waals surface area contributed by atoms with Gasteiger partial charge in [0, 0.05) is 12.5 Å². The van der Waals surface area contributed by atoms with Gasteiger partial charge in [-0.2, -0.15) is 0 Å². The van der Waals surface area contributed by atoms with Crippen LogP contribution < -0.4 is 0 Å². The first-order valence-corrected chi connectivity index (χ1v) is 5.52. The van der Waals surface area contributed by atoms with E-state index in [0.29, 0.717) is 17.1 Å². The van der Waals surface area contributed by atoms with Crippen LogP contribution in [0.15, 0.2) is 0 Å². The van der Waals surface area contributed by atoms with Crippen molar-refractivity contribution in [3.05, 3.63) is 11.1 Å². The predicted octanol–water partition coefficient (Wildman–Crippen LogP) is 3.10. The van der Waals surface area contributed by atoms with Gasteiger partial charge in [-0.3, -0.25) is 0 Å². The molecule has 0 bridgehead atoms. The molecule has 1 rings (SSSR count). The van der Waals surface area contributed by atoms with Gasteiger partial charge in [-0.15, -0.1) is 10.2 Å². The lowest BCUT2D eigenvalue weighted by atomic mass is 10.1. The van der Waals surface area contributed by atoms with Crippen LogP contribution >= 0.6 is 11.6 Å². The van der Waals surface area contributed by atoms with Crippen LogP contribution in [-0.2, 0) is 6.54 Å². The number of halogens is 1. The Labute approximate surface area is 90.5 Å². The summed E-state index contributed by atoms with van der Waals surface area (Å²) in [6, 6.07) is 0. The van der Waals surface area contributed by atoms with E-state index in [1.54, 1.807) is 0 Å².